The van der Waals surface area contributed by atoms with Crippen molar-refractivity contribution >= 4 is 11.3 Å². The van der Waals surface area contributed by atoms with Crippen molar-refractivity contribution in [1.29, 1.82) is 0 Å². The first-order valence-corrected chi connectivity index (χ1v) is 7.98. The van der Waals surface area contributed by atoms with Crippen molar-refractivity contribution in [3.63, 3.8) is 0 Å². The van der Waals surface area contributed by atoms with E-state index in [1.54, 1.807) is 0 Å². The summed E-state index contributed by atoms with van der Waals surface area (Å²) in [6.07, 6.45) is 3.43. The Hall–Kier alpha value is -1.12. The minimum atomic E-state index is 0.564. The second kappa shape index (κ2) is 7.46. The molecule has 0 fully saturated rings. The van der Waals surface area contributed by atoms with Gasteiger partial charge in [0, 0.05) is 22.3 Å². The summed E-state index contributed by atoms with van der Waals surface area (Å²) in [5, 5.41) is 3.68. The fourth-order valence-electron chi connectivity index (χ4n) is 2.21. The molecule has 1 atom stereocenters. The molecular formula is C17H23NS. The van der Waals surface area contributed by atoms with Crippen LogP contribution in [0.3, 0.4) is 0 Å². The molecule has 0 aliphatic heterocycles. The SMILES string of the molecule is CCc1ccc(CNC(CC)Cc2ccccc2)s1. The monoisotopic (exact) mass is 273 g/mol. The molecule has 2 rings (SSSR count). The molecule has 0 aliphatic rings. The lowest BCUT2D eigenvalue weighted by Crippen LogP contribution is -2.29. The van der Waals surface area contributed by atoms with Crippen LogP contribution in [-0.2, 0) is 19.4 Å². The van der Waals surface area contributed by atoms with E-state index in [4.69, 9.17) is 0 Å². The van der Waals surface area contributed by atoms with Crippen LogP contribution < -0.4 is 5.32 Å². The minimum absolute atomic E-state index is 0.564. The Balaban J connectivity index is 1.85. The first-order valence-electron chi connectivity index (χ1n) is 7.16. The van der Waals surface area contributed by atoms with Crippen LogP contribution in [0.1, 0.15) is 35.6 Å². The maximum absolute atomic E-state index is 3.68. The van der Waals surface area contributed by atoms with Crippen LogP contribution in [0, 0.1) is 0 Å². The zero-order valence-corrected chi connectivity index (χ0v) is 12.7. The Morgan fingerprint density at radius 3 is 2.37 bits per heavy atom. The van der Waals surface area contributed by atoms with Gasteiger partial charge in [-0.25, -0.2) is 0 Å². The smallest absolute Gasteiger partial charge is 0.0302 e. The van der Waals surface area contributed by atoms with Crippen molar-refractivity contribution in [2.45, 2.75) is 45.7 Å². The number of thiophene rings is 1. The molecule has 102 valence electrons. The average molecular weight is 273 g/mol. The Bertz CT molecular complexity index is 475. The number of hydrogen-bond acceptors (Lipinski definition) is 2. The molecule has 0 saturated carbocycles. The Labute approximate surface area is 120 Å². The number of benzene rings is 1. The van der Waals surface area contributed by atoms with Gasteiger partial charge in [0.15, 0.2) is 0 Å². The predicted octanol–water partition coefficient (Wildman–Crippen LogP) is 4.42. The fraction of sp³-hybridized carbons (Fsp3) is 0.412. The molecule has 2 heteroatoms. The van der Waals surface area contributed by atoms with Gasteiger partial charge in [-0.3, -0.25) is 0 Å². The Kier molecular flexibility index (Phi) is 5.62. The van der Waals surface area contributed by atoms with E-state index >= 15 is 0 Å². The molecular weight excluding hydrogens is 250 g/mol. The van der Waals surface area contributed by atoms with Gasteiger partial charge in [-0.15, -0.1) is 11.3 Å². The molecule has 0 aliphatic carbocycles. The lowest BCUT2D eigenvalue weighted by atomic mass is 10.0. The molecule has 1 aromatic carbocycles. The Morgan fingerprint density at radius 2 is 1.74 bits per heavy atom. The van der Waals surface area contributed by atoms with E-state index in [1.165, 1.54) is 21.7 Å². The van der Waals surface area contributed by atoms with Gasteiger partial charge in [0.25, 0.3) is 0 Å². The summed E-state index contributed by atoms with van der Waals surface area (Å²) < 4.78 is 0. The first kappa shape index (κ1) is 14.3. The molecule has 1 aromatic heterocycles. The van der Waals surface area contributed by atoms with E-state index in [0.717, 1.165) is 19.4 Å². The predicted molar refractivity (Wildman–Crippen MR) is 84.8 cm³/mol. The van der Waals surface area contributed by atoms with Crippen molar-refractivity contribution in [3.05, 3.63) is 57.8 Å². The topological polar surface area (TPSA) is 12.0 Å². The highest BCUT2D eigenvalue weighted by molar-refractivity contribution is 7.11. The molecule has 0 amide bonds. The van der Waals surface area contributed by atoms with Gasteiger partial charge in [-0.05, 0) is 37.0 Å². The lowest BCUT2D eigenvalue weighted by molar-refractivity contribution is 0.497. The summed E-state index contributed by atoms with van der Waals surface area (Å²) in [7, 11) is 0. The second-order valence-electron chi connectivity index (χ2n) is 4.90. The average Bonchev–Trinajstić information content (AvgIpc) is 2.92. The number of nitrogens with one attached hydrogen (secondary N) is 1. The van der Waals surface area contributed by atoms with Crippen molar-refractivity contribution in [1.82, 2.24) is 5.32 Å². The first-order chi connectivity index (χ1) is 9.31. The number of aryl methyl sites for hydroxylation is 1. The number of hydrogen-bond donors (Lipinski definition) is 1. The third-order valence-electron chi connectivity index (χ3n) is 3.45. The van der Waals surface area contributed by atoms with E-state index in [1.807, 2.05) is 11.3 Å². The summed E-state index contributed by atoms with van der Waals surface area (Å²) in [5.74, 6) is 0. The zero-order valence-electron chi connectivity index (χ0n) is 11.9. The molecule has 1 N–H and O–H groups in total. The summed E-state index contributed by atoms with van der Waals surface area (Å²) in [5.41, 5.74) is 1.42. The van der Waals surface area contributed by atoms with E-state index in [9.17, 15) is 0 Å². The summed E-state index contributed by atoms with van der Waals surface area (Å²) in [4.78, 5) is 2.93. The van der Waals surface area contributed by atoms with Gasteiger partial charge < -0.3 is 5.32 Å². The van der Waals surface area contributed by atoms with Gasteiger partial charge in [0.2, 0.25) is 0 Å². The van der Waals surface area contributed by atoms with Gasteiger partial charge in [-0.2, -0.15) is 0 Å². The molecule has 0 spiro atoms. The van der Waals surface area contributed by atoms with E-state index in [2.05, 4.69) is 61.6 Å². The van der Waals surface area contributed by atoms with Crippen LogP contribution in [0.25, 0.3) is 0 Å². The lowest BCUT2D eigenvalue weighted by Gasteiger charge is -2.16. The highest BCUT2D eigenvalue weighted by Crippen LogP contribution is 2.17. The molecule has 2 aromatic rings. The molecule has 1 unspecified atom stereocenters. The molecule has 19 heavy (non-hydrogen) atoms. The summed E-state index contributed by atoms with van der Waals surface area (Å²) >= 11 is 1.93. The highest BCUT2D eigenvalue weighted by Gasteiger charge is 2.07. The van der Waals surface area contributed by atoms with E-state index < -0.39 is 0 Å². The van der Waals surface area contributed by atoms with Gasteiger partial charge in [0.05, 0.1) is 0 Å². The largest absolute Gasteiger partial charge is 0.309 e. The maximum atomic E-state index is 3.68. The van der Waals surface area contributed by atoms with Gasteiger partial charge >= 0.3 is 0 Å². The van der Waals surface area contributed by atoms with Crippen molar-refractivity contribution in [2.24, 2.45) is 0 Å². The van der Waals surface area contributed by atoms with E-state index in [-0.39, 0.29) is 0 Å². The number of rotatable bonds is 7. The third kappa shape index (κ3) is 4.48. The molecule has 1 nitrogen and oxygen atoms in total. The Morgan fingerprint density at radius 1 is 1.00 bits per heavy atom. The van der Waals surface area contributed by atoms with Crippen LogP contribution >= 0.6 is 11.3 Å². The maximum Gasteiger partial charge on any atom is 0.0302 e. The van der Waals surface area contributed by atoms with Gasteiger partial charge in [-0.1, -0.05) is 44.2 Å². The van der Waals surface area contributed by atoms with E-state index in [0.29, 0.717) is 6.04 Å². The zero-order chi connectivity index (χ0) is 13.5. The van der Waals surface area contributed by atoms with Crippen molar-refractivity contribution in [3.8, 4) is 0 Å². The van der Waals surface area contributed by atoms with Crippen molar-refractivity contribution < 1.29 is 0 Å². The second-order valence-corrected chi connectivity index (χ2v) is 6.15. The van der Waals surface area contributed by atoms with Crippen LogP contribution in [0.5, 0.6) is 0 Å². The standard InChI is InChI=1S/C17H23NS/c1-3-15(12-14-8-6-5-7-9-14)18-13-17-11-10-16(4-2)19-17/h5-11,15,18H,3-4,12-13H2,1-2H3. The van der Waals surface area contributed by atoms with Crippen LogP contribution in [0.15, 0.2) is 42.5 Å². The van der Waals surface area contributed by atoms with Crippen LogP contribution in [-0.4, -0.2) is 6.04 Å². The van der Waals surface area contributed by atoms with Crippen LogP contribution in [0.4, 0.5) is 0 Å². The minimum Gasteiger partial charge on any atom is -0.309 e. The molecule has 0 radical (unpaired) electrons. The summed E-state index contributed by atoms with van der Waals surface area (Å²) in [6, 6.07) is 15.8. The quantitative estimate of drug-likeness (QED) is 0.787. The van der Waals surface area contributed by atoms with Gasteiger partial charge in [0.1, 0.15) is 0 Å². The fourth-order valence-corrected chi connectivity index (χ4v) is 3.12. The third-order valence-corrected chi connectivity index (χ3v) is 4.68. The molecule has 0 bridgehead atoms. The summed E-state index contributed by atoms with van der Waals surface area (Å²) in [6.45, 7) is 5.47. The molecule has 1 heterocycles. The van der Waals surface area contributed by atoms with Crippen molar-refractivity contribution in [2.75, 3.05) is 0 Å². The highest BCUT2D eigenvalue weighted by atomic mass is 32.1. The molecule has 0 saturated heterocycles. The van der Waals surface area contributed by atoms with Crippen LogP contribution in [0.2, 0.25) is 0 Å². The normalized spacial score (nSPS) is 12.5.